The minimum atomic E-state index is -0.0516. The second-order valence-corrected chi connectivity index (χ2v) is 9.31. The van der Waals surface area contributed by atoms with Gasteiger partial charge in [-0.1, -0.05) is 40.5 Å². The molecule has 0 aromatic heterocycles. The molecular formula is C24H39N3O2. The minimum absolute atomic E-state index is 0.0516. The van der Waals surface area contributed by atoms with E-state index in [4.69, 9.17) is 0 Å². The van der Waals surface area contributed by atoms with E-state index >= 15 is 0 Å². The van der Waals surface area contributed by atoms with E-state index in [1.54, 1.807) is 0 Å². The third-order valence-corrected chi connectivity index (χ3v) is 6.13. The van der Waals surface area contributed by atoms with Gasteiger partial charge in [0.05, 0.1) is 0 Å². The highest BCUT2D eigenvalue weighted by Gasteiger charge is 2.26. The Balaban J connectivity index is 2.31. The van der Waals surface area contributed by atoms with Gasteiger partial charge in [0.1, 0.15) is 0 Å². The molecule has 2 amide bonds. The Labute approximate surface area is 176 Å². The first-order valence-corrected chi connectivity index (χ1v) is 11.0. The van der Waals surface area contributed by atoms with E-state index in [0.717, 1.165) is 42.6 Å². The minimum Gasteiger partial charge on any atom is -0.377 e. The van der Waals surface area contributed by atoms with Crippen LogP contribution in [0.2, 0.25) is 0 Å². The summed E-state index contributed by atoms with van der Waals surface area (Å²) in [6, 6.07) is 6.18. The Hall–Kier alpha value is -2.04. The Kier molecular flexibility index (Phi) is 8.12. The van der Waals surface area contributed by atoms with Gasteiger partial charge in [0, 0.05) is 49.9 Å². The van der Waals surface area contributed by atoms with Gasteiger partial charge in [-0.2, -0.15) is 0 Å². The molecule has 1 aromatic rings. The zero-order valence-corrected chi connectivity index (χ0v) is 19.3. The average molecular weight is 402 g/mol. The predicted octanol–water partition coefficient (Wildman–Crippen LogP) is 4.91. The van der Waals surface area contributed by atoms with Crippen LogP contribution >= 0.6 is 0 Å². The van der Waals surface area contributed by atoms with Crippen LogP contribution in [0.1, 0.15) is 65.9 Å². The van der Waals surface area contributed by atoms with Crippen LogP contribution in [-0.2, 0) is 16.1 Å². The molecular weight excluding hydrogens is 362 g/mol. The molecule has 162 valence electrons. The van der Waals surface area contributed by atoms with Gasteiger partial charge in [-0.15, -0.1) is 0 Å². The van der Waals surface area contributed by atoms with E-state index in [0.29, 0.717) is 12.5 Å². The number of carbonyl (C=O) groups is 2. The molecule has 0 saturated heterocycles. The molecule has 0 aliphatic heterocycles. The highest BCUT2D eigenvalue weighted by atomic mass is 16.2. The standard InChI is InChI=1S/C24H39N3O2/c1-16(2)18(5)27(24(29)17(3)4)15-20-14-21(12-13-22(20)26(6)7)25-23(28)19-10-8-9-11-19/h12-14,16-19H,8-11,15H2,1-7H3,(H,25,28). The molecule has 29 heavy (non-hydrogen) atoms. The van der Waals surface area contributed by atoms with Crippen LogP contribution in [0.15, 0.2) is 18.2 Å². The first kappa shape index (κ1) is 23.2. The van der Waals surface area contributed by atoms with Crippen molar-refractivity contribution in [2.45, 2.75) is 72.9 Å². The molecule has 5 nitrogen and oxygen atoms in total. The second kappa shape index (κ2) is 10.1. The lowest BCUT2D eigenvalue weighted by molar-refractivity contribution is -0.138. The van der Waals surface area contributed by atoms with Gasteiger partial charge in [0.25, 0.3) is 0 Å². The number of nitrogens with one attached hydrogen (secondary N) is 1. The topological polar surface area (TPSA) is 52.7 Å². The number of amides is 2. The summed E-state index contributed by atoms with van der Waals surface area (Å²) in [5, 5.41) is 3.11. The molecule has 1 aliphatic rings. The summed E-state index contributed by atoms with van der Waals surface area (Å²) in [5.74, 6) is 0.731. The maximum atomic E-state index is 13.0. The lowest BCUT2D eigenvalue weighted by Gasteiger charge is -2.34. The van der Waals surface area contributed by atoms with Crippen molar-refractivity contribution in [2.24, 2.45) is 17.8 Å². The van der Waals surface area contributed by atoms with Crippen molar-refractivity contribution in [1.82, 2.24) is 4.90 Å². The van der Waals surface area contributed by atoms with Crippen molar-refractivity contribution in [3.63, 3.8) is 0 Å². The Morgan fingerprint density at radius 3 is 2.21 bits per heavy atom. The van der Waals surface area contributed by atoms with Crippen LogP contribution < -0.4 is 10.2 Å². The number of nitrogens with zero attached hydrogens (tertiary/aromatic N) is 2. The Morgan fingerprint density at radius 1 is 1.07 bits per heavy atom. The number of benzene rings is 1. The molecule has 1 aliphatic carbocycles. The lowest BCUT2D eigenvalue weighted by atomic mass is 10.0. The molecule has 0 radical (unpaired) electrons. The van der Waals surface area contributed by atoms with Crippen molar-refractivity contribution in [1.29, 1.82) is 0 Å². The lowest BCUT2D eigenvalue weighted by Crippen LogP contribution is -2.43. The quantitative estimate of drug-likeness (QED) is 0.673. The Morgan fingerprint density at radius 2 is 1.69 bits per heavy atom. The van der Waals surface area contributed by atoms with Gasteiger partial charge < -0.3 is 15.1 Å². The third kappa shape index (κ3) is 5.97. The van der Waals surface area contributed by atoms with E-state index in [1.807, 2.05) is 51.0 Å². The summed E-state index contributed by atoms with van der Waals surface area (Å²) < 4.78 is 0. The van der Waals surface area contributed by atoms with Gasteiger partial charge >= 0.3 is 0 Å². The van der Waals surface area contributed by atoms with Crippen LogP contribution in [0.3, 0.4) is 0 Å². The molecule has 1 fully saturated rings. The Bertz CT molecular complexity index is 706. The number of anilines is 2. The average Bonchev–Trinajstić information content (AvgIpc) is 3.19. The number of hydrogen-bond donors (Lipinski definition) is 1. The molecule has 2 rings (SSSR count). The molecule has 0 spiro atoms. The molecule has 1 unspecified atom stereocenters. The summed E-state index contributed by atoms with van der Waals surface area (Å²) in [6.45, 7) is 10.9. The van der Waals surface area contributed by atoms with Gasteiger partial charge in [-0.25, -0.2) is 0 Å². The summed E-state index contributed by atoms with van der Waals surface area (Å²) in [4.78, 5) is 29.6. The van der Waals surface area contributed by atoms with Crippen molar-refractivity contribution >= 4 is 23.2 Å². The van der Waals surface area contributed by atoms with E-state index in [1.165, 1.54) is 0 Å². The fourth-order valence-electron chi connectivity index (χ4n) is 3.96. The van der Waals surface area contributed by atoms with Crippen LogP contribution in [0.25, 0.3) is 0 Å². The normalized spacial score (nSPS) is 15.6. The predicted molar refractivity (Wildman–Crippen MR) is 121 cm³/mol. The first-order valence-electron chi connectivity index (χ1n) is 11.0. The maximum absolute atomic E-state index is 13.0. The number of rotatable bonds is 8. The summed E-state index contributed by atoms with van der Waals surface area (Å²) in [6.07, 6.45) is 4.25. The highest BCUT2D eigenvalue weighted by molar-refractivity contribution is 5.93. The van der Waals surface area contributed by atoms with Crippen LogP contribution in [0.5, 0.6) is 0 Å². The zero-order valence-electron chi connectivity index (χ0n) is 19.3. The summed E-state index contributed by atoms with van der Waals surface area (Å²) >= 11 is 0. The van der Waals surface area contributed by atoms with E-state index < -0.39 is 0 Å². The van der Waals surface area contributed by atoms with Crippen LogP contribution in [0.4, 0.5) is 11.4 Å². The van der Waals surface area contributed by atoms with Crippen molar-refractivity contribution in [3.8, 4) is 0 Å². The molecule has 5 heteroatoms. The largest absolute Gasteiger partial charge is 0.377 e. The molecule has 1 aromatic carbocycles. The number of carbonyl (C=O) groups excluding carboxylic acids is 2. The fraction of sp³-hybridized carbons (Fsp3) is 0.667. The van der Waals surface area contributed by atoms with Crippen molar-refractivity contribution in [2.75, 3.05) is 24.3 Å². The molecule has 1 N–H and O–H groups in total. The van der Waals surface area contributed by atoms with E-state index in [9.17, 15) is 9.59 Å². The molecule has 1 atom stereocenters. The van der Waals surface area contributed by atoms with Crippen molar-refractivity contribution < 1.29 is 9.59 Å². The van der Waals surface area contributed by atoms with Gasteiger partial charge in [0.15, 0.2) is 0 Å². The van der Waals surface area contributed by atoms with E-state index in [2.05, 4.69) is 31.0 Å². The highest BCUT2D eigenvalue weighted by Crippen LogP contribution is 2.29. The van der Waals surface area contributed by atoms with Gasteiger partial charge in [-0.05, 0) is 49.4 Å². The zero-order chi connectivity index (χ0) is 21.7. The van der Waals surface area contributed by atoms with E-state index in [-0.39, 0.29) is 29.7 Å². The first-order chi connectivity index (χ1) is 13.6. The third-order valence-electron chi connectivity index (χ3n) is 6.13. The summed E-state index contributed by atoms with van der Waals surface area (Å²) in [7, 11) is 4.02. The second-order valence-electron chi connectivity index (χ2n) is 9.31. The van der Waals surface area contributed by atoms with Crippen LogP contribution in [-0.4, -0.2) is 36.9 Å². The molecule has 0 heterocycles. The fourth-order valence-corrected chi connectivity index (χ4v) is 3.96. The maximum Gasteiger partial charge on any atom is 0.227 e. The summed E-state index contributed by atoms with van der Waals surface area (Å²) in [5.41, 5.74) is 2.94. The monoisotopic (exact) mass is 401 g/mol. The SMILES string of the molecule is CC(C)C(=O)N(Cc1cc(NC(=O)C2CCCC2)ccc1N(C)C)C(C)C(C)C. The smallest absolute Gasteiger partial charge is 0.227 e. The number of hydrogen-bond acceptors (Lipinski definition) is 3. The molecule has 1 saturated carbocycles. The van der Waals surface area contributed by atoms with Gasteiger partial charge in [0.2, 0.25) is 11.8 Å². The van der Waals surface area contributed by atoms with Crippen molar-refractivity contribution in [3.05, 3.63) is 23.8 Å². The van der Waals surface area contributed by atoms with Crippen LogP contribution in [0, 0.1) is 17.8 Å². The molecule has 0 bridgehead atoms. The van der Waals surface area contributed by atoms with Gasteiger partial charge in [-0.3, -0.25) is 9.59 Å².